The van der Waals surface area contributed by atoms with E-state index in [0.717, 1.165) is 0 Å². The van der Waals surface area contributed by atoms with Crippen molar-refractivity contribution in [2.45, 2.75) is 0 Å². The molecule has 0 fully saturated rings. The van der Waals surface area contributed by atoms with Gasteiger partial charge in [-0.1, -0.05) is 35.3 Å². The van der Waals surface area contributed by atoms with Crippen molar-refractivity contribution in [3.63, 3.8) is 0 Å². The SMILES string of the molecule is COc1ccccc1NC(=O)c1ccc(NC(=O)CNc2ccc(Cl)cc2Cl)cc1. The van der Waals surface area contributed by atoms with Crippen molar-refractivity contribution in [2.24, 2.45) is 0 Å². The molecule has 8 heteroatoms. The molecule has 0 bridgehead atoms. The molecule has 0 aliphatic rings. The van der Waals surface area contributed by atoms with Crippen LogP contribution >= 0.6 is 23.2 Å². The molecule has 3 rings (SSSR count). The third kappa shape index (κ3) is 5.65. The number of ether oxygens (including phenoxy) is 1. The molecule has 0 heterocycles. The summed E-state index contributed by atoms with van der Waals surface area (Å²) in [7, 11) is 1.54. The Morgan fingerprint density at radius 2 is 1.63 bits per heavy atom. The summed E-state index contributed by atoms with van der Waals surface area (Å²) in [5.74, 6) is 0.0340. The number of carbonyl (C=O) groups is 2. The molecule has 0 unspecified atom stereocenters. The fourth-order valence-electron chi connectivity index (χ4n) is 2.66. The highest BCUT2D eigenvalue weighted by Crippen LogP contribution is 2.25. The van der Waals surface area contributed by atoms with Crippen LogP contribution in [0.4, 0.5) is 17.1 Å². The Morgan fingerprint density at radius 1 is 0.900 bits per heavy atom. The van der Waals surface area contributed by atoms with Crippen LogP contribution in [0.15, 0.2) is 66.7 Å². The van der Waals surface area contributed by atoms with Gasteiger partial charge in [0.2, 0.25) is 5.91 Å². The number of benzene rings is 3. The van der Waals surface area contributed by atoms with Gasteiger partial charge in [-0.2, -0.15) is 0 Å². The third-order valence-corrected chi connectivity index (χ3v) is 4.70. The van der Waals surface area contributed by atoms with Gasteiger partial charge in [0.1, 0.15) is 5.75 Å². The first-order valence-corrected chi connectivity index (χ1v) is 9.75. The predicted molar refractivity (Wildman–Crippen MR) is 121 cm³/mol. The van der Waals surface area contributed by atoms with E-state index in [9.17, 15) is 9.59 Å². The van der Waals surface area contributed by atoms with Gasteiger partial charge in [0.25, 0.3) is 5.91 Å². The maximum Gasteiger partial charge on any atom is 0.255 e. The van der Waals surface area contributed by atoms with Gasteiger partial charge in [0.15, 0.2) is 0 Å². The summed E-state index contributed by atoms with van der Waals surface area (Å²) < 4.78 is 5.23. The Hall–Kier alpha value is -3.22. The van der Waals surface area contributed by atoms with E-state index in [4.69, 9.17) is 27.9 Å². The Labute approximate surface area is 184 Å². The van der Waals surface area contributed by atoms with Crippen LogP contribution in [0.3, 0.4) is 0 Å². The van der Waals surface area contributed by atoms with Gasteiger partial charge in [-0.05, 0) is 54.6 Å². The van der Waals surface area contributed by atoms with Crippen LogP contribution in [-0.2, 0) is 4.79 Å². The van der Waals surface area contributed by atoms with Crippen molar-refractivity contribution in [1.29, 1.82) is 0 Å². The van der Waals surface area contributed by atoms with Crippen molar-refractivity contribution < 1.29 is 14.3 Å². The van der Waals surface area contributed by atoms with Gasteiger partial charge >= 0.3 is 0 Å². The number of halogens is 2. The van der Waals surface area contributed by atoms with Crippen molar-refractivity contribution in [2.75, 3.05) is 29.6 Å². The van der Waals surface area contributed by atoms with Crippen LogP contribution < -0.4 is 20.7 Å². The molecule has 0 saturated carbocycles. The minimum atomic E-state index is -0.281. The van der Waals surface area contributed by atoms with Gasteiger partial charge in [-0.3, -0.25) is 9.59 Å². The molecule has 3 N–H and O–H groups in total. The number of nitrogens with one attached hydrogen (secondary N) is 3. The van der Waals surface area contributed by atoms with Crippen LogP contribution in [0.5, 0.6) is 5.75 Å². The summed E-state index contributed by atoms with van der Waals surface area (Å²) in [4.78, 5) is 24.6. The lowest BCUT2D eigenvalue weighted by Gasteiger charge is -2.11. The number of hydrogen-bond donors (Lipinski definition) is 3. The largest absolute Gasteiger partial charge is 0.495 e. The van der Waals surface area contributed by atoms with Crippen LogP contribution in [0.1, 0.15) is 10.4 Å². The minimum absolute atomic E-state index is 0.0252. The monoisotopic (exact) mass is 443 g/mol. The molecule has 6 nitrogen and oxygen atoms in total. The molecule has 0 aliphatic heterocycles. The zero-order valence-corrected chi connectivity index (χ0v) is 17.6. The highest BCUT2D eigenvalue weighted by molar-refractivity contribution is 6.36. The van der Waals surface area contributed by atoms with Crippen LogP contribution in [0.25, 0.3) is 0 Å². The summed E-state index contributed by atoms with van der Waals surface area (Å²) in [6, 6.07) is 18.7. The molecular weight excluding hydrogens is 425 g/mol. The summed E-state index contributed by atoms with van der Waals surface area (Å²) in [5, 5.41) is 9.46. The fourth-order valence-corrected chi connectivity index (χ4v) is 3.14. The maximum atomic E-state index is 12.4. The van der Waals surface area contributed by atoms with Crippen molar-refractivity contribution in [3.8, 4) is 5.75 Å². The average molecular weight is 444 g/mol. The lowest BCUT2D eigenvalue weighted by atomic mass is 10.2. The predicted octanol–water partition coefficient (Wildman–Crippen LogP) is 5.30. The standard InChI is InChI=1S/C22H19Cl2N3O3/c1-30-20-5-3-2-4-19(20)27-22(29)14-6-9-16(10-7-14)26-21(28)13-25-18-11-8-15(23)12-17(18)24/h2-12,25H,13H2,1H3,(H,26,28)(H,27,29). The van der Waals surface area contributed by atoms with E-state index in [-0.39, 0.29) is 18.4 Å². The van der Waals surface area contributed by atoms with E-state index in [0.29, 0.717) is 38.4 Å². The molecule has 0 aromatic heterocycles. The van der Waals surface area contributed by atoms with E-state index >= 15 is 0 Å². The highest BCUT2D eigenvalue weighted by Gasteiger charge is 2.10. The lowest BCUT2D eigenvalue weighted by molar-refractivity contribution is -0.114. The first-order chi connectivity index (χ1) is 14.5. The molecule has 0 spiro atoms. The summed E-state index contributed by atoms with van der Waals surface area (Å²) in [6.45, 7) is 0.0252. The number of methoxy groups -OCH3 is 1. The lowest BCUT2D eigenvalue weighted by Crippen LogP contribution is -2.22. The van der Waals surface area contributed by atoms with Crippen molar-refractivity contribution >= 4 is 52.1 Å². The number of anilines is 3. The van der Waals surface area contributed by atoms with E-state index in [1.165, 1.54) is 7.11 Å². The molecule has 0 atom stereocenters. The fraction of sp³-hybridized carbons (Fsp3) is 0.0909. The highest BCUT2D eigenvalue weighted by atomic mass is 35.5. The first kappa shape index (κ1) is 21.5. The second-order valence-corrected chi connectivity index (χ2v) is 7.10. The van der Waals surface area contributed by atoms with Crippen LogP contribution in [-0.4, -0.2) is 25.5 Å². The number of hydrogen-bond acceptors (Lipinski definition) is 4. The van der Waals surface area contributed by atoms with Gasteiger partial charge in [0.05, 0.1) is 30.1 Å². The zero-order chi connectivity index (χ0) is 21.5. The summed E-state index contributed by atoms with van der Waals surface area (Å²) in [6.07, 6.45) is 0. The molecule has 0 aliphatic carbocycles. The zero-order valence-electron chi connectivity index (χ0n) is 16.0. The van der Waals surface area contributed by atoms with Gasteiger partial charge in [0, 0.05) is 16.3 Å². The molecule has 30 heavy (non-hydrogen) atoms. The average Bonchev–Trinajstić information content (AvgIpc) is 2.74. The van der Waals surface area contributed by atoms with E-state index in [1.54, 1.807) is 54.6 Å². The van der Waals surface area contributed by atoms with E-state index < -0.39 is 0 Å². The Morgan fingerprint density at radius 3 is 2.33 bits per heavy atom. The van der Waals surface area contributed by atoms with Crippen molar-refractivity contribution in [3.05, 3.63) is 82.3 Å². The van der Waals surface area contributed by atoms with Crippen LogP contribution in [0.2, 0.25) is 10.0 Å². The van der Waals surface area contributed by atoms with Gasteiger partial charge < -0.3 is 20.7 Å². The molecule has 3 aromatic carbocycles. The number of para-hydroxylation sites is 2. The molecule has 3 aromatic rings. The number of carbonyl (C=O) groups excluding carboxylic acids is 2. The molecular formula is C22H19Cl2N3O3. The number of rotatable bonds is 7. The first-order valence-electron chi connectivity index (χ1n) is 8.99. The third-order valence-electron chi connectivity index (χ3n) is 4.16. The summed E-state index contributed by atoms with van der Waals surface area (Å²) in [5.41, 5.74) is 2.21. The maximum absolute atomic E-state index is 12.4. The molecule has 154 valence electrons. The topological polar surface area (TPSA) is 79.5 Å². The Bertz CT molecular complexity index is 1060. The van der Waals surface area contributed by atoms with Crippen molar-refractivity contribution in [1.82, 2.24) is 0 Å². The minimum Gasteiger partial charge on any atom is -0.495 e. The molecule has 0 saturated heterocycles. The second-order valence-electron chi connectivity index (χ2n) is 6.26. The summed E-state index contributed by atoms with van der Waals surface area (Å²) >= 11 is 11.9. The Kier molecular flexibility index (Phi) is 7.17. The van der Waals surface area contributed by atoms with Gasteiger partial charge in [-0.15, -0.1) is 0 Å². The smallest absolute Gasteiger partial charge is 0.255 e. The second kappa shape index (κ2) is 10.0. The molecule has 0 radical (unpaired) electrons. The van der Waals surface area contributed by atoms with E-state index in [2.05, 4.69) is 16.0 Å². The van der Waals surface area contributed by atoms with E-state index in [1.807, 2.05) is 12.1 Å². The molecule has 2 amide bonds. The van der Waals surface area contributed by atoms with Gasteiger partial charge in [-0.25, -0.2) is 0 Å². The normalized spacial score (nSPS) is 10.2. The number of amides is 2. The Balaban J connectivity index is 1.56. The quantitative estimate of drug-likeness (QED) is 0.462. The van der Waals surface area contributed by atoms with Crippen LogP contribution in [0, 0.1) is 0 Å².